The maximum atomic E-state index is 11.2. The average Bonchev–Trinajstić information content (AvgIpc) is 2.31. The number of benzene rings is 1. The van der Waals surface area contributed by atoms with Crippen LogP contribution in [0.1, 0.15) is 12.5 Å². The molecule has 1 aliphatic heterocycles. The maximum absolute atomic E-state index is 11.2. The first-order chi connectivity index (χ1) is 7.68. The topological polar surface area (TPSA) is 46.5 Å². The molecule has 0 radical (unpaired) electrons. The molecule has 16 heavy (non-hydrogen) atoms. The van der Waals surface area contributed by atoms with Crippen LogP contribution in [0.3, 0.4) is 0 Å². The quantitative estimate of drug-likeness (QED) is 0.766. The largest absolute Gasteiger partial charge is 0.465 e. The van der Waals surface area contributed by atoms with Crippen molar-refractivity contribution in [2.24, 2.45) is 11.8 Å². The molecule has 0 aromatic heterocycles. The third-order valence-corrected chi connectivity index (χ3v) is 3.15. The molecule has 1 saturated heterocycles. The van der Waals surface area contributed by atoms with Crippen molar-refractivity contribution >= 4 is 5.97 Å². The smallest absolute Gasteiger partial charge is 0.311 e. The van der Waals surface area contributed by atoms with Gasteiger partial charge >= 0.3 is 5.97 Å². The van der Waals surface area contributed by atoms with Crippen molar-refractivity contribution in [2.75, 3.05) is 6.61 Å². The first-order valence-corrected chi connectivity index (χ1v) is 5.57. The van der Waals surface area contributed by atoms with Crippen LogP contribution in [0.15, 0.2) is 30.3 Å². The van der Waals surface area contributed by atoms with E-state index in [4.69, 9.17) is 4.74 Å². The van der Waals surface area contributed by atoms with Gasteiger partial charge in [0.25, 0.3) is 0 Å². The molecule has 3 atom stereocenters. The van der Waals surface area contributed by atoms with Crippen molar-refractivity contribution in [1.82, 2.24) is 0 Å². The Bertz CT molecular complexity index is 361. The fraction of sp³-hybridized carbons (Fsp3) is 0.462. The summed E-state index contributed by atoms with van der Waals surface area (Å²) >= 11 is 0. The van der Waals surface area contributed by atoms with Gasteiger partial charge in [-0.2, -0.15) is 0 Å². The van der Waals surface area contributed by atoms with E-state index in [-0.39, 0.29) is 11.9 Å². The molecular weight excluding hydrogens is 204 g/mol. The molecule has 1 aromatic carbocycles. The first-order valence-electron chi connectivity index (χ1n) is 5.57. The van der Waals surface area contributed by atoms with Gasteiger partial charge in [0.1, 0.15) is 0 Å². The molecule has 2 rings (SSSR count). The van der Waals surface area contributed by atoms with Crippen molar-refractivity contribution in [3.05, 3.63) is 35.9 Å². The van der Waals surface area contributed by atoms with E-state index in [1.807, 2.05) is 30.3 Å². The Hall–Kier alpha value is -1.35. The number of rotatable bonds is 2. The van der Waals surface area contributed by atoms with Crippen LogP contribution < -0.4 is 0 Å². The van der Waals surface area contributed by atoms with Gasteiger partial charge in [0.15, 0.2) is 0 Å². The van der Waals surface area contributed by atoms with Crippen LogP contribution in [0.5, 0.6) is 0 Å². The number of aliphatic hydroxyl groups excluding tert-OH is 1. The van der Waals surface area contributed by atoms with Gasteiger partial charge in [0.05, 0.1) is 18.6 Å². The van der Waals surface area contributed by atoms with Gasteiger partial charge in [-0.15, -0.1) is 0 Å². The van der Waals surface area contributed by atoms with Crippen LogP contribution in [0.2, 0.25) is 0 Å². The Balaban J connectivity index is 2.03. The van der Waals surface area contributed by atoms with Crippen LogP contribution in [0, 0.1) is 11.8 Å². The van der Waals surface area contributed by atoms with E-state index in [1.165, 1.54) is 0 Å². The highest BCUT2D eigenvalue weighted by molar-refractivity contribution is 5.73. The van der Waals surface area contributed by atoms with Crippen molar-refractivity contribution in [3.8, 4) is 0 Å². The molecular formula is C13H16O3. The summed E-state index contributed by atoms with van der Waals surface area (Å²) < 4.78 is 5.05. The predicted molar refractivity (Wildman–Crippen MR) is 59.8 cm³/mol. The number of hydrogen-bond donors (Lipinski definition) is 1. The Labute approximate surface area is 95.0 Å². The summed E-state index contributed by atoms with van der Waals surface area (Å²) in [6, 6.07) is 9.95. The molecule has 0 bridgehead atoms. The summed E-state index contributed by atoms with van der Waals surface area (Å²) in [5, 5.41) is 9.97. The highest BCUT2D eigenvalue weighted by Crippen LogP contribution is 2.24. The van der Waals surface area contributed by atoms with Gasteiger partial charge in [-0.3, -0.25) is 4.79 Å². The Morgan fingerprint density at radius 3 is 2.75 bits per heavy atom. The number of hydrogen-bond acceptors (Lipinski definition) is 3. The second-order valence-electron chi connectivity index (χ2n) is 4.36. The van der Waals surface area contributed by atoms with E-state index >= 15 is 0 Å². The van der Waals surface area contributed by atoms with Crippen molar-refractivity contribution in [3.63, 3.8) is 0 Å². The molecule has 1 N–H and O–H groups in total. The molecule has 0 aliphatic carbocycles. The van der Waals surface area contributed by atoms with E-state index < -0.39 is 12.0 Å². The van der Waals surface area contributed by atoms with E-state index in [0.717, 1.165) is 12.0 Å². The average molecular weight is 220 g/mol. The number of aliphatic hydroxyl groups is 1. The van der Waals surface area contributed by atoms with Crippen molar-refractivity contribution < 1.29 is 14.6 Å². The van der Waals surface area contributed by atoms with Crippen LogP contribution in [0.4, 0.5) is 0 Å². The maximum Gasteiger partial charge on any atom is 0.311 e. The van der Waals surface area contributed by atoms with Crippen LogP contribution in [-0.2, 0) is 16.0 Å². The number of esters is 1. The van der Waals surface area contributed by atoms with Gasteiger partial charge in [0, 0.05) is 5.92 Å². The summed E-state index contributed by atoms with van der Waals surface area (Å²) in [5.74, 6) is -0.700. The number of cyclic esters (lactones) is 1. The molecule has 0 saturated carbocycles. The summed E-state index contributed by atoms with van der Waals surface area (Å²) in [6.07, 6.45) is 0.154. The van der Waals surface area contributed by atoms with Gasteiger partial charge in [-0.05, 0) is 18.9 Å². The SMILES string of the molecule is C[C@@H]1C(=O)OC[C@H](Cc2ccccc2)[C@@H]1O. The molecule has 1 fully saturated rings. The first kappa shape index (κ1) is 11.1. The summed E-state index contributed by atoms with van der Waals surface area (Å²) in [5.41, 5.74) is 1.16. The monoisotopic (exact) mass is 220 g/mol. The predicted octanol–water partition coefficient (Wildman–Crippen LogP) is 1.40. The lowest BCUT2D eigenvalue weighted by atomic mass is 9.86. The lowest BCUT2D eigenvalue weighted by molar-refractivity contribution is -0.165. The van der Waals surface area contributed by atoms with E-state index in [2.05, 4.69) is 0 Å². The lowest BCUT2D eigenvalue weighted by Crippen LogP contribution is -2.42. The molecule has 86 valence electrons. The molecule has 3 heteroatoms. The van der Waals surface area contributed by atoms with Crippen molar-refractivity contribution in [2.45, 2.75) is 19.4 Å². The Morgan fingerprint density at radius 2 is 2.06 bits per heavy atom. The van der Waals surface area contributed by atoms with Crippen LogP contribution in [-0.4, -0.2) is 23.8 Å². The summed E-state index contributed by atoms with van der Waals surface area (Å²) in [6.45, 7) is 2.03. The van der Waals surface area contributed by atoms with Gasteiger partial charge < -0.3 is 9.84 Å². The van der Waals surface area contributed by atoms with Crippen LogP contribution in [0.25, 0.3) is 0 Å². The highest BCUT2D eigenvalue weighted by atomic mass is 16.5. The third kappa shape index (κ3) is 2.25. The fourth-order valence-corrected chi connectivity index (χ4v) is 2.06. The van der Waals surface area contributed by atoms with Crippen molar-refractivity contribution in [1.29, 1.82) is 0 Å². The lowest BCUT2D eigenvalue weighted by Gasteiger charge is -2.31. The number of carbonyl (C=O) groups excluding carboxylic acids is 1. The normalized spacial score (nSPS) is 29.9. The van der Waals surface area contributed by atoms with E-state index in [0.29, 0.717) is 6.61 Å². The standard InChI is InChI=1S/C13H16O3/c1-9-12(14)11(8-16-13(9)15)7-10-5-3-2-4-6-10/h2-6,9,11-12,14H,7-8H2,1H3/t9-,11-,12+/m0/s1. The van der Waals surface area contributed by atoms with Gasteiger partial charge in [-0.25, -0.2) is 0 Å². The molecule has 0 unspecified atom stereocenters. The Morgan fingerprint density at radius 1 is 1.38 bits per heavy atom. The van der Waals surface area contributed by atoms with Crippen LogP contribution >= 0.6 is 0 Å². The Kier molecular flexibility index (Phi) is 3.25. The summed E-state index contributed by atoms with van der Waals surface area (Å²) in [7, 11) is 0. The van der Waals surface area contributed by atoms with Gasteiger partial charge in [0.2, 0.25) is 0 Å². The second kappa shape index (κ2) is 4.66. The molecule has 0 spiro atoms. The summed E-state index contributed by atoms with van der Waals surface area (Å²) in [4.78, 5) is 11.2. The minimum Gasteiger partial charge on any atom is -0.465 e. The zero-order valence-corrected chi connectivity index (χ0v) is 9.30. The minimum absolute atomic E-state index is 0.00935. The van der Waals surface area contributed by atoms with E-state index in [9.17, 15) is 9.90 Å². The second-order valence-corrected chi connectivity index (χ2v) is 4.36. The number of carbonyl (C=O) groups is 1. The molecule has 1 heterocycles. The highest BCUT2D eigenvalue weighted by Gasteiger charge is 2.35. The zero-order chi connectivity index (χ0) is 11.5. The zero-order valence-electron chi connectivity index (χ0n) is 9.30. The minimum atomic E-state index is -0.596. The molecule has 3 nitrogen and oxygen atoms in total. The van der Waals surface area contributed by atoms with Gasteiger partial charge in [-0.1, -0.05) is 30.3 Å². The number of ether oxygens (including phenoxy) is 1. The molecule has 1 aliphatic rings. The molecule has 0 amide bonds. The third-order valence-electron chi connectivity index (χ3n) is 3.15. The fourth-order valence-electron chi connectivity index (χ4n) is 2.06. The molecule has 1 aromatic rings. The van der Waals surface area contributed by atoms with E-state index in [1.54, 1.807) is 6.92 Å².